The molecule has 0 aromatic heterocycles. The van der Waals surface area contributed by atoms with Crippen LogP contribution >= 0.6 is 11.6 Å². The average Bonchev–Trinajstić information content (AvgIpc) is 2.20. The summed E-state index contributed by atoms with van der Waals surface area (Å²) in [5, 5.41) is 9.92. The molecule has 0 aliphatic heterocycles. The van der Waals surface area contributed by atoms with E-state index in [1.807, 2.05) is 19.1 Å². The molecule has 0 atom stereocenters. The zero-order valence-corrected chi connectivity index (χ0v) is 9.42. The Bertz CT molecular complexity index is 517. The van der Waals surface area contributed by atoms with Gasteiger partial charge < -0.3 is 5.11 Å². The van der Waals surface area contributed by atoms with Gasteiger partial charge in [0.25, 0.3) is 0 Å². The smallest absolute Gasteiger partial charge is 0.164 e. The van der Waals surface area contributed by atoms with Crippen molar-refractivity contribution in [2.24, 2.45) is 0 Å². The van der Waals surface area contributed by atoms with Crippen LogP contribution in [0.2, 0.25) is 5.02 Å². The summed E-state index contributed by atoms with van der Waals surface area (Å²) in [5.41, 5.74) is 2.62. The molecule has 3 heteroatoms. The van der Waals surface area contributed by atoms with Crippen molar-refractivity contribution in [1.29, 1.82) is 0 Å². The number of benzene rings is 2. The number of halogens is 2. The molecule has 0 unspecified atom stereocenters. The van der Waals surface area contributed by atoms with E-state index >= 15 is 0 Å². The maximum absolute atomic E-state index is 12.9. The number of aryl methyl sites for hydroxylation is 1. The molecule has 0 radical (unpaired) electrons. The van der Waals surface area contributed by atoms with E-state index < -0.39 is 5.82 Å². The van der Waals surface area contributed by atoms with Gasteiger partial charge in [0, 0.05) is 5.02 Å². The highest BCUT2D eigenvalue weighted by Gasteiger charge is 2.04. The summed E-state index contributed by atoms with van der Waals surface area (Å²) >= 11 is 5.93. The Hall–Kier alpha value is -1.54. The molecule has 0 fully saturated rings. The van der Waals surface area contributed by atoms with Gasteiger partial charge in [0.05, 0.1) is 0 Å². The van der Waals surface area contributed by atoms with E-state index in [2.05, 4.69) is 0 Å². The number of hydrogen-bond acceptors (Lipinski definition) is 1. The first-order chi connectivity index (χ1) is 7.56. The van der Waals surface area contributed by atoms with Crippen molar-refractivity contribution in [1.82, 2.24) is 0 Å². The lowest BCUT2D eigenvalue weighted by molar-refractivity contribution is 0.433. The second-order valence-corrected chi connectivity index (χ2v) is 4.12. The molecule has 1 N–H and O–H groups in total. The van der Waals surface area contributed by atoms with Crippen LogP contribution in [0.1, 0.15) is 5.56 Å². The van der Waals surface area contributed by atoms with Crippen molar-refractivity contribution in [3.63, 3.8) is 0 Å². The third-order valence-electron chi connectivity index (χ3n) is 2.32. The summed E-state index contributed by atoms with van der Waals surface area (Å²) in [6.07, 6.45) is 0. The molecule has 2 aromatic carbocycles. The van der Waals surface area contributed by atoms with Crippen LogP contribution in [0.5, 0.6) is 5.75 Å². The monoisotopic (exact) mass is 236 g/mol. The maximum Gasteiger partial charge on any atom is 0.164 e. The Labute approximate surface area is 98.1 Å². The van der Waals surface area contributed by atoms with Crippen molar-refractivity contribution >= 4 is 11.6 Å². The molecular weight excluding hydrogens is 227 g/mol. The number of hydrogen-bond donors (Lipinski definition) is 1. The van der Waals surface area contributed by atoms with Crippen LogP contribution < -0.4 is 0 Å². The summed E-state index contributed by atoms with van der Waals surface area (Å²) in [6, 6.07) is 9.79. The number of rotatable bonds is 1. The Morgan fingerprint density at radius 3 is 2.44 bits per heavy atom. The predicted molar refractivity (Wildman–Crippen MR) is 63.2 cm³/mol. The van der Waals surface area contributed by atoms with Crippen molar-refractivity contribution < 1.29 is 9.50 Å². The van der Waals surface area contributed by atoms with Gasteiger partial charge in [-0.05, 0) is 47.9 Å². The number of aromatic hydroxyl groups is 1. The van der Waals surface area contributed by atoms with Gasteiger partial charge in [0.15, 0.2) is 11.6 Å². The Morgan fingerprint density at radius 2 is 1.81 bits per heavy atom. The van der Waals surface area contributed by atoms with Crippen LogP contribution in [0, 0.1) is 12.7 Å². The van der Waals surface area contributed by atoms with Gasteiger partial charge in [0.1, 0.15) is 0 Å². The lowest BCUT2D eigenvalue weighted by Crippen LogP contribution is -1.82. The van der Waals surface area contributed by atoms with Crippen LogP contribution in [0.25, 0.3) is 11.1 Å². The molecule has 0 aliphatic rings. The average molecular weight is 237 g/mol. The van der Waals surface area contributed by atoms with Crippen LogP contribution in [0.4, 0.5) is 4.39 Å². The second-order valence-electron chi connectivity index (χ2n) is 3.68. The van der Waals surface area contributed by atoms with E-state index in [4.69, 9.17) is 11.6 Å². The predicted octanol–water partition coefficient (Wildman–Crippen LogP) is 4.16. The standard InChI is InChI=1S/C13H10ClFO/c1-8-4-10(6-11(14)5-8)9-2-3-12(15)13(16)7-9/h2-7,16H,1H3. The second kappa shape index (κ2) is 4.14. The lowest BCUT2D eigenvalue weighted by Gasteiger charge is -2.05. The highest BCUT2D eigenvalue weighted by molar-refractivity contribution is 6.30. The van der Waals surface area contributed by atoms with E-state index in [9.17, 15) is 9.50 Å². The molecule has 2 rings (SSSR count). The molecule has 16 heavy (non-hydrogen) atoms. The van der Waals surface area contributed by atoms with Crippen molar-refractivity contribution in [2.45, 2.75) is 6.92 Å². The van der Waals surface area contributed by atoms with E-state index in [1.165, 1.54) is 12.1 Å². The first-order valence-corrected chi connectivity index (χ1v) is 5.20. The van der Waals surface area contributed by atoms with Crippen LogP contribution in [0.3, 0.4) is 0 Å². The fourth-order valence-electron chi connectivity index (χ4n) is 1.60. The number of phenolic OH excluding ortho intramolecular Hbond substituents is 1. The molecule has 0 spiro atoms. The minimum Gasteiger partial charge on any atom is -0.505 e. The van der Waals surface area contributed by atoms with Crippen LogP contribution in [0.15, 0.2) is 36.4 Å². The molecule has 82 valence electrons. The lowest BCUT2D eigenvalue weighted by atomic mass is 10.0. The molecule has 2 aromatic rings. The molecule has 0 aliphatic carbocycles. The van der Waals surface area contributed by atoms with Crippen molar-refractivity contribution in [3.8, 4) is 16.9 Å². The Morgan fingerprint density at radius 1 is 1.06 bits per heavy atom. The topological polar surface area (TPSA) is 20.2 Å². The first-order valence-electron chi connectivity index (χ1n) is 4.82. The first kappa shape index (κ1) is 11.0. The molecule has 1 nitrogen and oxygen atoms in total. The Balaban J connectivity index is 2.54. The molecule has 0 heterocycles. The number of phenols is 1. The van der Waals surface area contributed by atoms with Gasteiger partial charge in [-0.2, -0.15) is 0 Å². The summed E-state index contributed by atoms with van der Waals surface area (Å²) < 4.78 is 12.9. The largest absolute Gasteiger partial charge is 0.505 e. The van der Waals surface area contributed by atoms with Gasteiger partial charge in [0.2, 0.25) is 0 Å². The normalized spacial score (nSPS) is 10.4. The quantitative estimate of drug-likeness (QED) is 0.788. The SMILES string of the molecule is Cc1cc(Cl)cc(-c2ccc(F)c(O)c2)c1. The van der Waals surface area contributed by atoms with Crippen LogP contribution in [-0.2, 0) is 0 Å². The van der Waals surface area contributed by atoms with Gasteiger partial charge in [-0.3, -0.25) is 0 Å². The third kappa shape index (κ3) is 2.17. The molecule has 0 saturated carbocycles. The van der Waals surface area contributed by atoms with Gasteiger partial charge in [-0.15, -0.1) is 0 Å². The fraction of sp³-hybridized carbons (Fsp3) is 0.0769. The molecule has 0 amide bonds. The zero-order chi connectivity index (χ0) is 11.7. The van der Waals surface area contributed by atoms with E-state index in [0.29, 0.717) is 5.02 Å². The van der Waals surface area contributed by atoms with Gasteiger partial charge >= 0.3 is 0 Å². The van der Waals surface area contributed by atoms with Crippen molar-refractivity contribution in [2.75, 3.05) is 0 Å². The van der Waals surface area contributed by atoms with Crippen LogP contribution in [-0.4, -0.2) is 5.11 Å². The van der Waals surface area contributed by atoms with Gasteiger partial charge in [-0.25, -0.2) is 4.39 Å². The highest BCUT2D eigenvalue weighted by Crippen LogP contribution is 2.28. The maximum atomic E-state index is 12.9. The zero-order valence-electron chi connectivity index (χ0n) is 8.67. The summed E-state index contributed by atoms with van der Waals surface area (Å²) in [4.78, 5) is 0. The minimum absolute atomic E-state index is 0.352. The molecule has 0 saturated heterocycles. The summed E-state index contributed by atoms with van der Waals surface area (Å²) in [5.74, 6) is -0.974. The molecular formula is C13H10ClFO. The fourth-order valence-corrected chi connectivity index (χ4v) is 1.88. The van der Waals surface area contributed by atoms with Gasteiger partial charge in [-0.1, -0.05) is 23.7 Å². The highest BCUT2D eigenvalue weighted by atomic mass is 35.5. The Kier molecular flexibility index (Phi) is 2.84. The van der Waals surface area contributed by atoms with E-state index in [-0.39, 0.29) is 5.75 Å². The summed E-state index contributed by atoms with van der Waals surface area (Å²) in [6.45, 7) is 1.93. The molecule has 0 bridgehead atoms. The van der Waals surface area contributed by atoms with E-state index in [0.717, 1.165) is 16.7 Å². The third-order valence-corrected chi connectivity index (χ3v) is 2.54. The minimum atomic E-state index is -0.623. The van der Waals surface area contributed by atoms with E-state index in [1.54, 1.807) is 12.1 Å². The van der Waals surface area contributed by atoms with Crippen molar-refractivity contribution in [3.05, 3.63) is 52.8 Å². The summed E-state index contributed by atoms with van der Waals surface area (Å²) in [7, 11) is 0.